The Kier molecular flexibility index (Phi) is 3.93. The van der Waals surface area contributed by atoms with Gasteiger partial charge in [0.25, 0.3) is 10.0 Å². The lowest BCUT2D eigenvalue weighted by molar-refractivity contribution is 0.578. The van der Waals surface area contributed by atoms with Gasteiger partial charge in [-0.1, -0.05) is 5.21 Å². The minimum absolute atomic E-state index is 0.0756. The summed E-state index contributed by atoms with van der Waals surface area (Å²) in [5, 5.41) is 24.8. The van der Waals surface area contributed by atoms with Crippen LogP contribution in [0, 0.1) is 22.7 Å². The van der Waals surface area contributed by atoms with Crippen molar-refractivity contribution in [3.8, 4) is 12.1 Å². The highest BCUT2D eigenvalue weighted by Crippen LogP contribution is 2.22. The Hall–Kier alpha value is -2.43. The fourth-order valence-corrected chi connectivity index (χ4v) is 3.76. The molecule has 0 amide bonds. The third-order valence-electron chi connectivity index (χ3n) is 2.50. The van der Waals surface area contributed by atoms with Crippen molar-refractivity contribution >= 4 is 31.6 Å². The average Bonchev–Trinajstić information content (AvgIpc) is 2.78. The summed E-state index contributed by atoms with van der Waals surface area (Å²) in [6, 6.07) is 7.74. The molecular formula is C11H7BrN6O2S. The Morgan fingerprint density at radius 2 is 1.95 bits per heavy atom. The van der Waals surface area contributed by atoms with Crippen molar-refractivity contribution in [3.05, 3.63) is 33.9 Å². The van der Waals surface area contributed by atoms with Crippen LogP contribution < -0.4 is 4.72 Å². The van der Waals surface area contributed by atoms with E-state index in [1.54, 1.807) is 0 Å². The SMILES string of the molecule is Cn1nnc(Br)c1S(=O)(=O)Nc1ccc(C#N)c(C#N)c1. The molecule has 2 aromatic rings. The predicted octanol–water partition coefficient (Wildman–Crippen LogP) is 1.12. The zero-order chi connectivity index (χ0) is 15.6. The summed E-state index contributed by atoms with van der Waals surface area (Å²) in [5.74, 6) is 0. The molecule has 0 aliphatic rings. The smallest absolute Gasteiger partial charge is 0.278 e. The molecule has 0 saturated heterocycles. The van der Waals surface area contributed by atoms with Crippen LogP contribution in [0.3, 0.4) is 0 Å². The summed E-state index contributed by atoms with van der Waals surface area (Å²) in [5.41, 5.74) is 0.419. The number of sulfonamides is 1. The summed E-state index contributed by atoms with van der Waals surface area (Å²) < 4.78 is 28.0. The molecule has 0 saturated carbocycles. The predicted molar refractivity (Wildman–Crippen MR) is 75.4 cm³/mol. The molecule has 8 nitrogen and oxygen atoms in total. The maximum absolute atomic E-state index is 12.3. The summed E-state index contributed by atoms with van der Waals surface area (Å²) in [6.45, 7) is 0. The van der Waals surface area contributed by atoms with Crippen molar-refractivity contribution in [1.29, 1.82) is 10.5 Å². The van der Waals surface area contributed by atoms with Gasteiger partial charge in [-0.3, -0.25) is 4.72 Å². The van der Waals surface area contributed by atoms with E-state index in [1.165, 1.54) is 25.2 Å². The van der Waals surface area contributed by atoms with Crippen LogP contribution in [0.4, 0.5) is 5.69 Å². The first-order valence-electron chi connectivity index (χ1n) is 5.41. The number of anilines is 1. The monoisotopic (exact) mass is 366 g/mol. The van der Waals surface area contributed by atoms with Crippen LogP contribution >= 0.6 is 15.9 Å². The van der Waals surface area contributed by atoms with Crippen LogP contribution in [-0.2, 0) is 17.1 Å². The topological polar surface area (TPSA) is 124 Å². The van der Waals surface area contributed by atoms with Gasteiger partial charge in [-0.05, 0) is 34.1 Å². The zero-order valence-electron chi connectivity index (χ0n) is 10.6. The number of benzene rings is 1. The number of hydrogen-bond acceptors (Lipinski definition) is 6. The first kappa shape index (κ1) is 15.0. The van der Waals surface area contributed by atoms with E-state index >= 15 is 0 Å². The molecule has 0 spiro atoms. The van der Waals surface area contributed by atoms with Crippen LogP contribution in [0.2, 0.25) is 0 Å². The molecule has 1 N–H and O–H groups in total. The van der Waals surface area contributed by atoms with Crippen molar-refractivity contribution in [1.82, 2.24) is 15.0 Å². The lowest BCUT2D eigenvalue weighted by Crippen LogP contribution is -2.17. The van der Waals surface area contributed by atoms with Gasteiger partial charge in [-0.2, -0.15) is 18.9 Å². The molecule has 1 aromatic heterocycles. The summed E-state index contributed by atoms with van der Waals surface area (Å²) in [6.07, 6.45) is 0. The number of nitrogens with zero attached hydrogens (tertiary/aromatic N) is 5. The van der Waals surface area contributed by atoms with Crippen LogP contribution in [0.1, 0.15) is 11.1 Å². The number of nitrogens with one attached hydrogen (secondary N) is 1. The molecule has 106 valence electrons. The standard InChI is InChI=1S/C11H7BrN6O2S/c1-18-11(10(12)15-17-18)21(19,20)16-9-3-2-7(5-13)8(4-9)6-14/h2-4,16H,1H3. The number of hydrogen-bond donors (Lipinski definition) is 1. The molecule has 10 heteroatoms. The third kappa shape index (κ3) is 2.86. The molecule has 1 heterocycles. The third-order valence-corrected chi connectivity index (χ3v) is 4.77. The Balaban J connectivity index is 2.44. The molecule has 2 rings (SSSR count). The largest absolute Gasteiger partial charge is 0.281 e. The van der Waals surface area contributed by atoms with Gasteiger partial charge >= 0.3 is 0 Å². The van der Waals surface area contributed by atoms with Gasteiger partial charge in [0, 0.05) is 7.05 Å². The fourth-order valence-electron chi connectivity index (χ4n) is 1.61. The Morgan fingerprint density at radius 3 is 2.48 bits per heavy atom. The van der Waals surface area contributed by atoms with E-state index in [-0.39, 0.29) is 26.4 Å². The Labute approximate surface area is 128 Å². The van der Waals surface area contributed by atoms with Gasteiger partial charge in [0.05, 0.1) is 16.8 Å². The normalized spacial score (nSPS) is 10.7. The number of aryl methyl sites for hydroxylation is 1. The van der Waals surface area contributed by atoms with Crippen LogP contribution in [0.15, 0.2) is 27.8 Å². The van der Waals surface area contributed by atoms with Gasteiger partial charge in [-0.15, -0.1) is 5.10 Å². The highest BCUT2D eigenvalue weighted by molar-refractivity contribution is 9.10. The van der Waals surface area contributed by atoms with E-state index in [0.717, 1.165) is 4.68 Å². The molecule has 0 bridgehead atoms. The lowest BCUT2D eigenvalue weighted by atomic mass is 10.1. The minimum atomic E-state index is -3.93. The molecule has 1 aromatic carbocycles. The molecule has 0 atom stereocenters. The quantitative estimate of drug-likeness (QED) is 0.867. The molecule has 0 aliphatic heterocycles. The van der Waals surface area contributed by atoms with E-state index in [2.05, 4.69) is 31.0 Å². The second-order valence-corrected chi connectivity index (χ2v) is 6.25. The van der Waals surface area contributed by atoms with E-state index in [4.69, 9.17) is 10.5 Å². The summed E-state index contributed by atoms with van der Waals surface area (Å²) in [7, 11) is -2.49. The maximum atomic E-state index is 12.3. The summed E-state index contributed by atoms with van der Waals surface area (Å²) in [4.78, 5) is 0. The average molecular weight is 367 g/mol. The highest BCUT2D eigenvalue weighted by atomic mass is 79.9. The molecule has 0 radical (unpaired) electrons. The highest BCUT2D eigenvalue weighted by Gasteiger charge is 2.24. The van der Waals surface area contributed by atoms with E-state index in [9.17, 15) is 8.42 Å². The van der Waals surface area contributed by atoms with Crippen molar-refractivity contribution in [2.24, 2.45) is 7.05 Å². The number of aromatic nitrogens is 3. The van der Waals surface area contributed by atoms with Gasteiger partial charge in [-0.25, -0.2) is 4.68 Å². The molecule has 0 unspecified atom stereocenters. The number of halogens is 1. The molecular weight excluding hydrogens is 360 g/mol. The van der Waals surface area contributed by atoms with Gasteiger partial charge < -0.3 is 0 Å². The second-order valence-electron chi connectivity index (χ2n) is 3.90. The first-order chi connectivity index (χ1) is 9.89. The zero-order valence-corrected chi connectivity index (χ0v) is 13.0. The number of nitriles is 2. The van der Waals surface area contributed by atoms with Crippen LogP contribution in [0.5, 0.6) is 0 Å². The van der Waals surface area contributed by atoms with Crippen LogP contribution in [-0.4, -0.2) is 23.4 Å². The van der Waals surface area contributed by atoms with E-state index in [1.807, 2.05) is 12.1 Å². The van der Waals surface area contributed by atoms with Crippen molar-refractivity contribution in [2.45, 2.75) is 5.03 Å². The fraction of sp³-hybridized carbons (Fsp3) is 0.0909. The van der Waals surface area contributed by atoms with Crippen LogP contribution in [0.25, 0.3) is 0 Å². The summed E-state index contributed by atoms with van der Waals surface area (Å²) >= 11 is 3.01. The maximum Gasteiger partial charge on any atom is 0.281 e. The molecule has 0 fully saturated rings. The van der Waals surface area contributed by atoms with Gasteiger partial charge in [0.15, 0.2) is 4.60 Å². The minimum Gasteiger partial charge on any atom is -0.278 e. The molecule has 0 aliphatic carbocycles. The molecule has 21 heavy (non-hydrogen) atoms. The Bertz CT molecular complexity index is 871. The Morgan fingerprint density at radius 1 is 1.29 bits per heavy atom. The van der Waals surface area contributed by atoms with E-state index < -0.39 is 10.0 Å². The first-order valence-corrected chi connectivity index (χ1v) is 7.69. The lowest BCUT2D eigenvalue weighted by Gasteiger charge is -2.08. The number of rotatable bonds is 3. The van der Waals surface area contributed by atoms with Crippen molar-refractivity contribution < 1.29 is 8.42 Å². The second kappa shape index (κ2) is 5.52. The van der Waals surface area contributed by atoms with Gasteiger partial charge in [0.2, 0.25) is 5.03 Å². The van der Waals surface area contributed by atoms with Crippen molar-refractivity contribution in [3.63, 3.8) is 0 Å². The van der Waals surface area contributed by atoms with Gasteiger partial charge in [0.1, 0.15) is 12.1 Å². The van der Waals surface area contributed by atoms with Crippen molar-refractivity contribution in [2.75, 3.05) is 4.72 Å². The van der Waals surface area contributed by atoms with E-state index in [0.29, 0.717) is 0 Å².